The molecule has 338 valence electrons. The smallest absolute Gasteiger partial charge is 0.425 e. The minimum atomic E-state index is -4.52. The first kappa shape index (κ1) is 66.6. The predicted molar refractivity (Wildman–Crippen MR) is 150 cm³/mol. The molecule has 0 amide bonds. The second kappa shape index (κ2) is 57.6. The van der Waals surface area contributed by atoms with Gasteiger partial charge in [-0.15, -0.1) is 0 Å². The summed E-state index contributed by atoms with van der Waals surface area (Å²) in [4.78, 5) is 11.1. The van der Waals surface area contributed by atoms with Gasteiger partial charge in [-0.2, -0.15) is 37.3 Å². The highest BCUT2D eigenvalue weighted by molar-refractivity contribution is 5.58. The molecular weight excluding hydrogens is 834 g/mol. The molecule has 0 bridgehead atoms. The maximum atomic E-state index is 14.3. The standard InChI is InChI=1S/C13H12F8O5.3C2H4F2O.2C2H5FO.2CH3FO/c14-1-3-22-9-7(17)10(23-4-2-15)12(24-6-16)11(8(9)18)26-13(19,20)5-25-21;3*3-1-2-5-4;2*3-1-2-4;2*2-1-3/h1-6H2;3*1-2H2;2*4H,1-2H2;2*3H,1H2. The first-order valence-corrected chi connectivity index (χ1v) is 13.7. The average molecular weight is 875 g/mol. The SMILES string of the molecule is FCCOF.FCCOF.FCCOF.FCCOc1c(F)c(OCCF)c(OCF)c(OC(F)(F)COF)c1F.OCCF.OCCF.OCF.OCF. The molecule has 0 atom stereocenters. The van der Waals surface area contributed by atoms with Gasteiger partial charge in [-0.05, 0) is 18.1 Å². The topological polar surface area (TPSA) is 155 Å². The van der Waals surface area contributed by atoms with Gasteiger partial charge in [0, 0.05) is 0 Å². The van der Waals surface area contributed by atoms with Crippen molar-refractivity contribution in [3.8, 4) is 23.0 Å². The molecule has 0 aliphatic carbocycles. The molecule has 0 saturated heterocycles. The van der Waals surface area contributed by atoms with Crippen LogP contribution >= 0.6 is 0 Å². The van der Waals surface area contributed by atoms with Crippen LogP contribution in [0.2, 0.25) is 0 Å². The van der Waals surface area contributed by atoms with E-state index in [1.165, 1.54) is 0 Å². The van der Waals surface area contributed by atoms with Crippen molar-refractivity contribution in [2.24, 2.45) is 0 Å². The lowest BCUT2D eigenvalue weighted by atomic mass is 10.2. The fraction of sp³-hybridized carbons (Fsp3) is 0.760. The quantitative estimate of drug-likeness (QED) is 0.112. The van der Waals surface area contributed by atoms with Crippen LogP contribution in [0.5, 0.6) is 23.0 Å². The van der Waals surface area contributed by atoms with Crippen molar-refractivity contribution in [2.45, 2.75) is 6.11 Å². The normalized spacial score (nSPS) is 9.42. The molecule has 0 unspecified atom stereocenters. The molecule has 0 fully saturated rings. The van der Waals surface area contributed by atoms with Crippen molar-refractivity contribution in [3.63, 3.8) is 0 Å². The zero-order chi connectivity index (χ0) is 44.3. The molecule has 30 heteroatoms. The first-order chi connectivity index (χ1) is 26.2. The highest BCUT2D eigenvalue weighted by Crippen LogP contribution is 2.48. The van der Waals surface area contributed by atoms with Crippen molar-refractivity contribution in [1.82, 2.24) is 0 Å². The Hall–Kier alpha value is -3.16. The van der Waals surface area contributed by atoms with Gasteiger partial charge in [0.25, 0.3) is 0 Å². The predicted octanol–water partition coefficient (Wildman–Crippen LogP) is 6.12. The number of ether oxygens (including phenoxy) is 4. The van der Waals surface area contributed by atoms with Gasteiger partial charge < -0.3 is 39.4 Å². The fourth-order valence-corrected chi connectivity index (χ4v) is 1.75. The van der Waals surface area contributed by atoms with E-state index in [-0.39, 0.29) is 13.2 Å². The minimum absolute atomic E-state index is 0.347. The number of alkyl halides is 12. The molecule has 1 aromatic carbocycles. The van der Waals surface area contributed by atoms with Gasteiger partial charge in [-0.25, -0.2) is 43.9 Å². The molecule has 4 N–H and O–H groups in total. The van der Waals surface area contributed by atoms with Gasteiger partial charge in [0.1, 0.15) is 79.8 Å². The third kappa shape index (κ3) is 50.8. The number of aliphatic hydroxyl groups excluding tert-OH is 4. The summed E-state index contributed by atoms with van der Waals surface area (Å²) in [5.74, 6) is -9.39. The van der Waals surface area contributed by atoms with E-state index in [0.29, 0.717) is 0 Å². The van der Waals surface area contributed by atoms with Crippen molar-refractivity contribution < 1.29 is 139 Å². The maximum absolute atomic E-state index is 14.3. The molecular formula is C25H40F18O12. The zero-order valence-corrected chi connectivity index (χ0v) is 28.1. The van der Waals surface area contributed by atoms with Crippen LogP contribution in [0.4, 0.5) is 79.6 Å². The van der Waals surface area contributed by atoms with E-state index in [2.05, 4.69) is 38.7 Å². The Bertz CT molecular complexity index is 821. The lowest BCUT2D eigenvalue weighted by Gasteiger charge is -2.22. The second-order valence-corrected chi connectivity index (χ2v) is 6.84. The van der Waals surface area contributed by atoms with E-state index >= 15 is 0 Å². The highest BCUT2D eigenvalue weighted by atomic mass is 19.3. The Morgan fingerprint density at radius 3 is 0.964 bits per heavy atom. The van der Waals surface area contributed by atoms with E-state index in [4.69, 9.17) is 20.4 Å². The summed E-state index contributed by atoms with van der Waals surface area (Å²) in [7, 11) is 0. The second-order valence-electron chi connectivity index (χ2n) is 6.84. The van der Waals surface area contributed by atoms with Crippen LogP contribution in [0.1, 0.15) is 0 Å². The highest BCUT2D eigenvalue weighted by Gasteiger charge is 2.39. The third-order valence-electron chi connectivity index (χ3n) is 3.16. The van der Waals surface area contributed by atoms with Gasteiger partial charge in [-0.3, -0.25) is 0 Å². The summed E-state index contributed by atoms with van der Waals surface area (Å²) < 4.78 is 224. The molecule has 0 radical (unpaired) electrons. The molecule has 0 aliphatic rings. The summed E-state index contributed by atoms with van der Waals surface area (Å²) in [5, 5.41) is 28.8. The van der Waals surface area contributed by atoms with Crippen molar-refractivity contribution >= 4 is 0 Å². The zero-order valence-electron chi connectivity index (χ0n) is 28.1. The molecule has 12 nitrogen and oxygen atoms in total. The molecule has 0 heterocycles. The lowest BCUT2D eigenvalue weighted by molar-refractivity contribution is -0.268. The molecule has 0 aliphatic heterocycles. The Labute approximate surface area is 300 Å². The number of hydrogen-bond acceptors (Lipinski definition) is 12. The van der Waals surface area contributed by atoms with Gasteiger partial charge in [0.15, 0.2) is 26.1 Å². The lowest BCUT2D eigenvalue weighted by Crippen LogP contribution is -2.30. The van der Waals surface area contributed by atoms with Crippen LogP contribution in [0.3, 0.4) is 0 Å². The molecule has 0 saturated carbocycles. The summed E-state index contributed by atoms with van der Waals surface area (Å²) in [6.07, 6.45) is -4.52. The number of rotatable bonds is 20. The molecule has 1 aromatic rings. The molecule has 1 rings (SSSR count). The summed E-state index contributed by atoms with van der Waals surface area (Å²) in [5.41, 5.74) is 0. The van der Waals surface area contributed by atoms with E-state index in [0.717, 1.165) is 0 Å². The minimum Gasteiger partial charge on any atom is -0.485 e. The molecule has 0 aromatic heterocycles. The Balaban J connectivity index is -0.000000128. The maximum Gasteiger partial charge on any atom is 0.425 e. The average Bonchev–Trinajstić information content (AvgIpc) is 3.16. The summed E-state index contributed by atoms with van der Waals surface area (Å²) >= 11 is 0. The number of benzene rings is 1. The number of hydrogen-bond donors (Lipinski definition) is 4. The Kier molecular flexibility index (Phi) is 69.7. The van der Waals surface area contributed by atoms with Gasteiger partial charge in [0.05, 0.1) is 13.2 Å². The first-order valence-electron chi connectivity index (χ1n) is 13.7. The van der Waals surface area contributed by atoms with Gasteiger partial charge in [-0.1, -0.05) is 0 Å². The van der Waals surface area contributed by atoms with Crippen molar-refractivity contribution in [3.05, 3.63) is 11.6 Å². The van der Waals surface area contributed by atoms with E-state index < -0.39 is 148 Å². The monoisotopic (exact) mass is 874 g/mol. The van der Waals surface area contributed by atoms with Crippen LogP contribution < -0.4 is 18.9 Å². The van der Waals surface area contributed by atoms with Crippen LogP contribution in [0.15, 0.2) is 0 Å². The van der Waals surface area contributed by atoms with Crippen LogP contribution in [-0.2, 0) is 19.8 Å². The number of halogens is 18. The largest absolute Gasteiger partial charge is 0.485 e. The van der Waals surface area contributed by atoms with E-state index in [9.17, 15) is 79.6 Å². The summed E-state index contributed by atoms with van der Waals surface area (Å²) in [6, 6.07) is 0. The molecule has 0 spiro atoms. The Morgan fingerprint density at radius 2 is 0.727 bits per heavy atom. The van der Waals surface area contributed by atoms with E-state index in [1.54, 1.807) is 0 Å². The number of aliphatic hydroxyl groups is 4. The van der Waals surface area contributed by atoms with Crippen molar-refractivity contribution in [1.29, 1.82) is 0 Å². The van der Waals surface area contributed by atoms with Crippen LogP contribution in [-0.4, -0.2) is 147 Å². The van der Waals surface area contributed by atoms with E-state index in [1.807, 2.05) is 0 Å². The van der Waals surface area contributed by atoms with Crippen LogP contribution in [0, 0.1) is 11.6 Å². The van der Waals surface area contributed by atoms with Crippen molar-refractivity contribution in [2.75, 3.05) is 120 Å². The van der Waals surface area contributed by atoms with Gasteiger partial charge >= 0.3 is 6.11 Å². The van der Waals surface area contributed by atoms with Gasteiger partial charge in [0.2, 0.25) is 35.7 Å². The molecule has 55 heavy (non-hydrogen) atoms. The summed E-state index contributed by atoms with van der Waals surface area (Å²) in [6.45, 7) is -16.0. The fourth-order valence-electron chi connectivity index (χ4n) is 1.75. The third-order valence-corrected chi connectivity index (χ3v) is 3.16. The van der Waals surface area contributed by atoms with Crippen LogP contribution in [0.25, 0.3) is 0 Å². The Morgan fingerprint density at radius 1 is 0.418 bits per heavy atom.